The minimum absolute atomic E-state index is 0.102. The third-order valence-electron chi connectivity index (χ3n) is 4.79. The zero-order chi connectivity index (χ0) is 22.4. The van der Waals surface area contributed by atoms with Gasteiger partial charge < -0.3 is 25.0 Å². The smallest absolute Gasteiger partial charge is 0.229 e. The average Bonchev–Trinajstić information content (AvgIpc) is 3.12. The SMILES string of the molecule is CCOc1ccc(OCC)c(NC(=O)C2CC(=O)N(c3cccc(NC(C)=O)c3)C2)c1. The van der Waals surface area contributed by atoms with Crippen LogP contribution in [0.25, 0.3) is 0 Å². The average molecular weight is 425 g/mol. The van der Waals surface area contributed by atoms with Gasteiger partial charge in [-0.05, 0) is 44.2 Å². The molecule has 164 valence electrons. The first-order valence-electron chi connectivity index (χ1n) is 10.3. The first-order valence-corrected chi connectivity index (χ1v) is 10.3. The lowest BCUT2D eigenvalue weighted by atomic mass is 10.1. The van der Waals surface area contributed by atoms with Crippen LogP contribution < -0.4 is 25.0 Å². The highest BCUT2D eigenvalue weighted by Crippen LogP contribution is 2.32. The molecule has 0 saturated carbocycles. The monoisotopic (exact) mass is 425 g/mol. The molecule has 0 spiro atoms. The molecule has 0 aliphatic carbocycles. The van der Waals surface area contributed by atoms with Gasteiger partial charge >= 0.3 is 0 Å². The van der Waals surface area contributed by atoms with Gasteiger partial charge in [0, 0.05) is 37.3 Å². The quantitative estimate of drug-likeness (QED) is 0.675. The van der Waals surface area contributed by atoms with Crippen LogP contribution in [0.15, 0.2) is 42.5 Å². The summed E-state index contributed by atoms with van der Waals surface area (Å²) in [4.78, 5) is 38.4. The van der Waals surface area contributed by atoms with Crippen molar-refractivity contribution < 1.29 is 23.9 Å². The van der Waals surface area contributed by atoms with Crippen molar-refractivity contribution in [2.24, 2.45) is 5.92 Å². The van der Waals surface area contributed by atoms with Gasteiger partial charge in [-0.3, -0.25) is 14.4 Å². The number of anilines is 3. The summed E-state index contributed by atoms with van der Waals surface area (Å²) in [5.41, 5.74) is 1.75. The summed E-state index contributed by atoms with van der Waals surface area (Å²) >= 11 is 0. The summed E-state index contributed by atoms with van der Waals surface area (Å²) in [5.74, 6) is 0.0593. The molecular formula is C23H27N3O5. The van der Waals surface area contributed by atoms with Crippen LogP contribution in [0.4, 0.5) is 17.1 Å². The molecule has 3 rings (SSSR count). The summed E-state index contributed by atoms with van der Waals surface area (Å²) in [6.45, 7) is 6.38. The van der Waals surface area contributed by atoms with Crippen LogP contribution in [0.1, 0.15) is 27.2 Å². The molecule has 1 unspecified atom stereocenters. The van der Waals surface area contributed by atoms with E-state index in [0.717, 1.165) is 0 Å². The lowest BCUT2D eigenvalue weighted by molar-refractivity contribution is -0.122. The molecule has 2 aromatic carbocycles. The maximum Gasteiger partial charge on any atom is 0.229 e. The number of carbonyl (C=O) groups excluding carboxylic acids is 3. The molecule has 1 atom stereocenters. The Hall–Kier alpha value is -3.55. The van der Waals surface area contributed by atoms with Gasteiger partial charge in [-0.15, -0.1) is 0 Å². The molecule has 31 heavy (non-hydrogen) atoms. The van der Waals surface area contributed by atoms with E-state index in [1.165, 1.54) is 6.92 Å². The van der Waals surface area contributed by atoms with Crippen molar-refractivity contribution in [3.8, 4) is 11.5 Å². The molecule has 0 radical (unpaired) electrons. The fourth-order valence-corrected chi connectivity index (χ4v) is 3.47. The Morgan fingerprint density at radius 1 is 1.06 bits per heavy atom. The van der Waals surface area contributed by atoms with Crippen molar-refractivity contribution in [1.82, 2.24) is 0 Å². The standard InChI is InChI=1S/C23H27N3O5/c1-4-30-19-9-10-21(31-5-2)20(13-19)25-23(29)16-11-22(28)26(14-16)18-8-6-7-17(12-18)24-15(3)27/h6-10,12-13,16H,4-5,11,14H2,1-3H3,(H,24,27)(H,25,29). The Labute approximate surface area is 181 Å². The van der Waals surface area contributed by atoms with Crippen LogP contribution in [0.5, 0.6) is 11.5 Å². The number of hydrogen-bond donors (Lipinski definition) is 2. The van der Waals surface area contributed by atoms with Crippen molar-refractivity contribution in [1.29, 1.82) is 0 Å². The molecular weight excluding hydrogens is 398 g/mol. The van der Waals surface area contributed by atoms with Crippen LogP contribution in [0.2, 0.25) is 0 Å². The highest BCUT2D eigenvalue weighted by molar-refractivity contribution is 6.04. The molecule has 8 nitrogen and oxygen atoms in total. The van der Waals surface area contributed by atoms with Crippen molar-refractivity contribution in [3.63, 3.8) is 0 Å². The minimum Gasteiger partial charge on any atom is -0.494 e. The second kappa shape index (κ2) is 9.97. The van der Waals surface area contributed by atoms with E-state index in [-0.39, 0.29) is 30.7 Å². The van der Waals surface area contributed by atoms with E-state index >= 15 is 0 Å². The molecule has 8 heteroatoms. The first-order chi connectivity index (χ1) is 14.9. The summed E-state index contributed by atoms with van der Waals surface area (Å²) in [7, 11) is 0. The number of ether oxygens (including phenoxy) is 2. The van der Waals surface area contributed by atoms with Gasteiger partial charge in [0.25, 0.3) is 0 Å². The zero-order valence-electron chi connectivity index (χ0n) is 17.9. The lowest BCUT2D eigenvalue weighted by Gasteiger charge is -2.18. The van der Waals surface area contributed by atoms with Gasteiger partial charge in [-0.2, -0.15) is 0 Å². The van der Waals surface area contributed by atoms with E-state index in [1.807, 2.05) is 13.8 Å². The molecule has 0 bridgehead atoms. The second-order valence-electron chi connectivity index (χ2n) is 7.15. The second-order valence-corrected chi connectivity index (χ2v) is 7.15. The largest absolute Gasteiger partial charge is 0.494 e. The van der Waals surface area contributed by atoms with Gasteiger partial charge in [0.05, 0.1) is 24.8 Å². The van der Waals surface area contributed by atoms with E-state index in [4.69, 9.17) is 9.47 Å². The number of nitrogens with one attached hydrogen (secondary N) is 2. The maximum absolute atomic E-state index is 12.9. The van der Waals surface area contributed by atoms with Crippen molar-refractivity contribution >= 4 is 34.8 Å². The summed E-state index contributed by atoms with van der Waals surface area (Å²) in [5, 5.41) is 5.59. The zero-order valence-corrected chi connectivity index (χ0v) is 17.9. The third-order valence-corrected chi connectivity index (χ3v) is 4.79. The van der Waals surface area contributed by atoms with Gasteiger partial charge in [-0.1, -0.05) is 6.07 Å². The lowest BCUT2D eigenvalue weighted by Crippen LogP contribution is -2.28. The van der Waals surface area contributed by atoms with Crippen molar-refractivity contribution in [2.45, 2.75) is 27.2 Å². The van der Waals surface area contributed by atoms with Crippen molar-refractivity contribution in [3.05, 3.63) is 42.5 Å². The van der Waals surface area contributed by atoms with E-state index in [2.05, 4.69) is 10.6 Å². The molecule has 1 aliphatic heterocycles. The van der Waals surface area contributed by atoms with Gasteiger partial charge in [0.1, 0.15) is 11.5 Å². The molecule has 3 amide bonds. The van der Waals surface area contributed by atoms with E-state index in [1.54, 1.807) is 47.4 Å². The topological polar surface area (TPSA) is 97.0 Å². The van der Waals surface area contributed by atoms with Crippen LogP contribution in [-0.2, 0) is 14.4 Å². The molecule has 1 heterocycles. The highest BCUT2D eigenvalue weighted by atomic mass is 16.5. The van der Waals surface area contributed by atoms with Crippen LogP contribution >= 0.6 is 0 Å². The van der Waals surface area contributed by atoms with Crippen LogP contribution in [-0.4, -0.2) is 37.5 Å². The maximum atomic E-state index is 12.9. The summed E-state index contributed by atoms with van der Waals surface area (Å²) < 4.78 is 11.1. The molecule has 2 aromatic rings. The van der Waals surface area contributed by atoms with Gasteiger partial charge in [0.2, 0.25) is 17.7 Å². The molecule has 2 N–H and O–H groups in total. The van der Waals surface area contributed by atoms with E-state index in [0.29, 0.717) is 41.8 Å². The summed E-state index contributed by atoms with van der Waals surface area (Å²) in [6, 6.07) is 12.3. The van der Waals surface area contributed by atoms with Gasteiger partial charge in [-0.25, -0.2) is 0 Å². The Morgan fingerprint density at radius 2 is 1.84 bits per heavy atom. The van der Waals surface area contributed by atoms with Gasteiger partial charge in [0.15, 0.2) is 0 Å². The van der Waals surface area contributed by atoms with Crippen LogP contribution in [0.3, 0.4) is 0 Å². The highest BCUT2D eigenvalue weighted by Gasteiger charge is 2.35. The Kier molecular flexibility index (Phi) is 7.12. The number of amides is 3. The number of carbonyl (C=O) groups is 3. The first kappa shape index (κ1) is 22.1. The molecule has 1 aliphatic rings. The van der Waals surface area contributed by atoms with E-state index < -0.39 is 5.92 Å². The minimum atomic E-state index is -0.512. The Balaban J connectivity index is 1.74. The Bertz CT molecular complexity index is 975. The predicted molar refractivity (Wildman–Crippen MR) is 119 cm³/mol. The predicted octanol–water partition coefficient (Wildman–Crippen LogP) is 3.43. The number of rotatable bonds is 8. The molecule has 1 saturated heterocycles. The van der Waals surface area contributed by atoms with E-state index in [9.17, 15) is 14.4 Å². The fourth-order valence-electron chi connectivity index (χ4n) is 3.47. The number of nitrogens with zero attached hydrogens (tertiary/aromatic N) is 1. The molecule has 0 aromatic heterocycles. The number of benzene rings is 2. The number of hydrogen-bond acceptors (Lipinski definition) is 5. The Morgan fingerprint density at radius 3 is 2.55 bits per heavy atom. The molecule has 1 fully saturated rings. The normalized spacial score (nSPS) is 15.5. The fraction of sp³-hybridized carbons (Fsp3) is 0.348. The van der Waals surface area contributed by atoms with Crippen LogP contribution in [0, 0.1) is 5.92 Å². The summed E-state index contributed by atoms with van der Waals surface area (Å²) in [6.07, 6.45) is 0.102. The van der Waals surface area contributed by atoms with Crippen molar-refractivity contribution in [2.75, 3.05) is 35.3 Å². The third kappa shape index (κ3) is 5.53.